The van der Waals surface area contributed by atoms with Crippen LogP contribution in [0.15, 0.2) is 18.2 Å². The van der Waals surface area contributed by atoms with Gasteiger partial charge in [-0.25, -0.2) is 9.18 Å². The zero-order valence-electron chi connectivity index (χ0n) is 12.3. The smallest absolute Gasteiger partial charge is 0.414 e. The number of nitrogens with zero attached hydrogens (tertiary/aromatic N) is 2. The van der Waals surface area contributed by atoms with Crippen LogP contribution >= 0.6 is 0 Å². The van der Waals surface area contributed by atoms with Gasteiger partial charge in [0.25, 0.3) is 0 Å². The fraction of sp³-hybridized carbons (Fsp3) is 0.467. The standard InChI is InChI=1S/C15H17FN2O4/c1-21-9-14(19)17-5-4-12-8-22-15(20)18(12)13-6-11(16)3-2-10(13)7-17/h2-3,6,12H,4-5,7-9H2,1H3/t12-/m0/s1. The lowest BCUT2D eigenvalue weighted by atomic mass is 10.1. The number of benzene rings is 1. The second-order valence-electron chi connectivity index (χ2n) is 5.41. The first-order chi connectivity index (χ1) is 10.6. The molecule has 0 bridgehead atoms. The zero-order valence-corrected chi connectivity index (χ0v) is 12.3. The molecule has 2 aliphatic rings. The summed E-state index contributed by atoms with van der Waals surface area (Å²) in [6.45, 7) is 1.06. The molecule has 2 aliphatic heterocycles. The largest absolute Gasteiger partial charge is 0.447 e. The van der Waals surface area contributed by atoms with Crippen molar-refractivity contribution >= 4 is 17.7 Å². The van der Waals surface area contributed by atoms with Gasteiger partial charge in [-0.1, -0.05) is 6.07 Å². The van der Waals surface area contributed by atoms with E-state index in [1.54, 1.807) is 11.0 Å². The van der Waals surface area contributed by atoms with Crippen molar-refractivity contribution in [2.45, 2.75) is 19.0 Å². The number of carbonyl (C=O) groups excluding carboxylic acids is 2. The minimum absolute atomic E-state index is 0.000337. The summed E-state index contributed by atoms with van der Waals surface area (Å²) >= 11 is 0. The van der Waals surface area contributed by atoms with Gasteiger partial charge in [0.05, 0.1) is 11.7 Å². The number of methoxy groups -OCH3 is 1. The van der Waals surface area contributed by atoms with E-state index in [1.165, 1.54) is 24.1 Å². The van der Waals surface area contributed by atoms with Crippen molar-refractivity contribution in [1.82, 2.24) is 4.90 Å². The molecule has 1 aromatic rings. The molecule has 0 saturated carbocycles. The molecule has 7 heteroatoms. The number of cyclic esters (lactones) is 1. The Morgan fingerprint density at radius 3 is 3.09 bits per heavy atom. The molecular formula is C15H17FN2O4. The van der Waals surface area contributed by atoms with Gasteiger partial charge >= 0.3 is 6.09 Å². The van der Waals surface area contributed by atoms with E-state index in [4.69, 9.17) is 9.47 Å². The van der Waals surface area contributed by atoms with Crippen LogP contribution in [-0.2, 0) is 20.8 Å². The molecule has 2 amide bonds. The number of fused-ring (bicyclic) bond motifs is 3. The Balaban J connectivity index is 1.98. The quantitative estimate of drug-likeness (QED) is 0.831. The first kappa shape index (κ1) is 14.8. The average Bonchev–Trinajstić information content (AvgIpc) is 2.83. The van der Waals surface area contributed by atoms with Crippen LogP contribution in [0, 0.1) is 5.82 Å². The summed E-state index contributed by atoms with van der Waals surface area (Å²) in [4.78, 5) is 27.2. The number of rotatable bonds is 2. The molecule has 6 nitrogen and oxygen atoms in total. The second kappa shape index (κ2) is 5.92. The Labute approximate surface area is 127 Å². The van der Waals surface area contributed by atoms with Crippen molar-refractivity contribution in [3.05, 3.63) is 29.6 Å². The minimum Gasteiger partial charge on any atom is -0.447 e. The topological polar surface area (TPSA) is 59.1 Å². The predicted octanol–water partition coefficient (Wildman–Crippen LogP) is 1.53. The van der Waals surface area contributed by atoms with Crippen molar-refractivity contribution in [2.75, 3.05) is 31.8 Å². The third-order valence-electron chi connectivity index (χ3n) is 3.98. The number of anilines is 1. The fourth-order valence-corrected chi connectivity index (χ4v) is 2.88. The Morgan fingerprint density at radius 2 is 2.32 bits per heavy atom. The Hall–Kier alpha value is -2.15. The van der Waals surface area contributed by atoms with Crippen molar-refractivity contribution in [2.24, 2.45) is 0 Å². The first-order valence-corrected chi connectivity index (χ1v) is 7.11. The Bertz CT molecular complexity index is 607. The van der Waals surface area contributed by atoms with Crippen LogP contribution in [0.1, 0.15) is 12.0 Å². The lowest BCUT2D eigenvalue weighted by molar-refractivity contribution is -0.135. The molecule has 2 heterocycles. The summed E-state index contributed by atoms with van der Waals surface area (Å²) in [5.74, 6) is -0.552. The number of amides is 2. The molecule has 1 atom stereocenters. The van der Waals surface area contributed by atoms with Gasteiger partial charge in [0.15, 0.2) is 0 Å². The van der Waals surface area contributed by atoms with E-state index in [0.717, 1.165) is 5.56 Å². The van der Waals surface area contributed by atoms with Gasteiger partial charge < -0.3 is 14.4 Å². The van der Waals surface area contributed by atoms with E-state index in [-0.39, 0.29) is 25.2 Å². The van der Waals surface area contributed by atoms with Crippen molar-refractivity contribution < 1.29 is 23.5 Å². The molecule has 3 rings (SSSR count). The molecule has 22 heavy (non-hydrogen) atoms. The molecule has 1 aromatic carbocycles. The fourth-order valence-electron chi connectivity index (χ4n) is 2.88. The molecule has 118 valence electrons. The van der Waals surface area contributed by atoms with E-state index in [0.29, 0.717) is 25.2 Å². The number of hydrogen-bond acceptors (Lipinski definition) is 4. The van der Waals surface area contributed by atoms with Gasteiger partial charge in [-0.15, -0.1) is 0 Å². The first-order valence-electron chi connectivity index (χ1n) is 7.11. The summed E-state index contributed by atoms with van der Waals surface area (Å²) in [5.41, 5.74) is 1.19. The summed E-state index contributed by atoms with van der Waals surface area (Å²) < 4.78 is 23.6. The van der Waals surface area contributed by atoms with E-state index in [1.807, 2.05) is 0 Å². The Morgan fingerprint density at radius 1 is 1.50 bits per heavy atom. The van der Waals surface area contributed by atoms with Gasteiger partial charge in [-0.3, -0.25) is 9.69 Å². The maximum absolute atomic E-state index is 13.6. The highest BCUT2D eigenvalue weighted by atomic mass is 19.1. The highest BCUT2D eigenvalue weighted by Crippen LogP contribution is 2.32. The molecule has 0 N–H and O–H groups in total. The average molecular weight is 308 g/mol. The normalized spacial score (nSPS) is 20.8. The predicted molar refractivity (Wildman–Crippen MR) is 75.9 cm³/mol. The van der Waals surface area contributed by atoms with E-state index < -0.39 is 11.9 Å². The van der Waals surface area contributed by atoms with Crippen LogP contribution in [0.25, 0.3) is 0 Å². The summed E-state index contributed by atoms with van der Waals surface area (Å²) in [7, 11) is 1.47. The van der Waals surface area contributed by atoms with Crippen LogP contribution < -0.4 is 4.90 Å². The number of carbonyl (C=O) groups is 2. The SMILES string of the molecule is COCC(=O)N1CC[C@H]2COC(=O)N2c2cc(F)ccc2C1. The molecule has 1 fully saturated rings. The summed E-state index contributed by atoms with van der Waals surface area (Å²) in [6, 6.07) is 4.06. The number of ether oxygens (including phenoxy) is 2. The maximum Gasteiger partial charge on any atom is 0.414 e. The van der Waals surface area contributed by atoms with Crippen molar-refractivity contribution in [3.8, 4) is 0 Å². The highest BCUT2D eigenvalue weighted by molar-refractivity contribution is 5.91. The van der Waals surface area contributed by atoms with Gasteiger partial charge in [0.2, 0.25) is 5.91 Å². The van der Waals surface area contributed by atoms with Crippen LogP contribution in [0.4, 0.5) is 14.9 Å². The van der Waals surface area contributed by atoms with Crippen LogP contribution in [-0.4, -0.2) is 49.8 Å². The van der Waals surface area contributed by atoms with Crippen molar-refractivity contribution in [3.63, 3.8) is 0 Å². The molecular weight excluding hydrogens is 291 g/mol. The van der Waals surface area contributed by atoms with E-state index in [9.17, 15) is 14.0 Å². The van der Waals surface area contributed by atoms with Gasteiger partial charge in [0.1, 0.15) is 19.0 Å². The number of halogens is 1. The number of hydrogen-bond donors (Lipinski definition) is 0. The lowest BCUT2D eigenvalue weighted by Gasteiger charge is -2.32. The van der Waals surface area contributed by atoms with Crippen LogP contribution in [0.2, 0.25) is 0 Å². The van der Waals surface area contributed by atoms with Gasteiger partial charge in [-0.05, 0) is 24.1 Å². The third-order valence-corrected chi connectivity index (χ3v) is 3.98. The third kappa shape index (κ3) is 2.64. The maximum atomic E-state index is 13.6. The molecule has 0 aliphatic carbocycles. The Kier molecular flexibility index (Phi) is 3.98. The van der Waals surface area contributed by atoms with E-state index >= 15 is 0 Å². The van der Waals surface area contributed by atoms with Crippen molar-refractivity contribution in [1.29, 1.82) is 0 Å². The molecule has 0 aromatic heterocycles. The van der Waals surface area contributed by atoms with E-state index in [2.05, 4.69) is 0 Å². The lowest BCUT2D eigenvalue weighted by Crippen LogP contribution is -2.43. The second-order valence-corrected chi connectivity index (χ2v) is 5.41. The highest BCUT2D eigenvalue weighted by Gasteiger charge is 2.37. The minimum atomic E-state index is -0.464. The van der Waals surface area contributed by atoms with Gasteiger partial charge in [0, 0.05) is 20.2 Å². The molecule has 0 spiro atoms. The molecule has 1 saturated heterocycles. The molecule has 0 unspecified atom stereocenters. The monoisotopic (exact) mass is 308 g/mol. The zero-order chi connectivity index (χ0) is 15.7. The summed E-state index contributed by atoms with van der Waals surface area (Å²) in [6.07, 6.45) is 0.116. The van der Waals surface area contributed by atoms with Crippen LogP contribution in [0.5, 0.6) is 0 Å². The van der Waals surface area contributed by atoms with Crippen LogP contribution in [0.3, 0.4) is 0 Å². The summed E-state index contributed by atoms with van der Waals surface area (Å²) in [5, 5.41) is 0. The van der Waals surface area contributed by atoms with Gasteiger partial charge in [-0.2, -0.15) is 0 Å². The molecule has 0 radical (unpaired) electrons.